The van der Waals surface area contributed by atoms with E-state index in [0.29, 0.717) is 0 Å². The van der Waals surface area contributed by atoms with Gasteiger partial charge in [-0.05, 0) is 24.8 Å². The zero-order valence-electron chi connectivity index (χ0n) is 6.08. The van der Waals surface area contributed by atoms with Crippen molar-refractivity contribution in [3.63, 3.8) is 0 Å². The molecular weight excluding hydrogens is 128 g/mol. The molecule has 0 aliphatic heterocycles. The van der Waals surface area contributed by atoms with E-state index < -0.39 is 0 Å². The lowest BCUT2D eigenvalue weighted by atomic mass is 9.92. The predicted molar refractivity (Wildman–Crippen MR) is 39.6 cm³/mol. The van der Waals surface area contributed by atoms with Crippen LogP contribution in [0.2, 0.25) is 0 Å². The largest absolute Gasteiger partial charge is 0.392 e. The van der Waals surface area contributed by atoms with E-state index in [0.717, 1.165) is 31.3 Å². The molecule has 0 spiro atoms. The molecule has 0 aromatic rings. The smallest absolute Gasteiger partial charge is 0.0750 e. The predicted octanol–water partition coefficient (Wildman–Crippen LogP) is 0.840. The third-order valence-corrected chi connectivity index (χ3v) is 1.97. The number of hydrogen-bond donors (Lipinski definition) is 2. The normalized spacial score (nSPS) is 31.0. The Hall–Kier alpha value is -0.340. The highest BCUT2D eigenvalue weighted by molar-refractivity contribution is 5.09. The first-order chi connectivity index (χ1) is 4.84. The molecule has 0 radical (unpaired) electrons. The van der Waals surface area contributed by atoms with E-state index in [1.54, 1.807) is 6.08 Å². The van der Waals surface area contributed by atoms with Crippen molar-refractivity contribution < 1.29 is 10.2 Å². The summed E-state index contributed by atoms with van der Waals surface area (Å²) in [5.41, 5.74) is 1.02. The van der Waals surface area contributed by atoms with Crippen LogP contribution in [0.4, 0.5) is 0 Å². The van der Waals surface area contributed by atoms with E-state index in [1.165, 1.54) is 0 Å². The molecule has 1 aliphatic rings. The molecule has 10 heavy (non-hydrogen) atoms. The molecule has 2 heteroatoms. The zero-order chi connectivity index (χ0) is 7.40. The van der Waals surface area contributed by atoms with Gasteiger partial charge in [0.1, 0.15) is 0 Å². The van der Waals surface area contributed by atoms with Crippen LogP contribution in [0.1, 0.15) is 25.7 Å². The standard InChI is InChI=1S/C8H14O2/c9-6-5-7-3-1-2-4-8(7)10/h5,8-10H,1-4,6H2/b7-5+/t8-/m1/s1. The molecule has 0 unspecified atom stereocenters. The minimum absolute atomic E-state index is 0.0619. The van der Waals surface area contributed by atoms with Gasteiger partial charge >= 0.3 is 0 Å². The maximum Gasteiger partial charge on any atom is 0.0750 e. The molecule has 0 bridgehead atoms. The van der Waals surface area contributed by atoms with Crippen molar-refractivity contribution in [2.24, 2.45) is 0 Å². The second-order valence-corrected chi connectivity index (χ2v) is 2.72. The SMILES string of the molecule is OC/C=C1\CCCC[C@H]1O. The lowest BCUT2D eigenvalue weighted by Gasteiger charge is -2.19. The highest BCUT2D eigenvalue weighted by atomic mass is 16.3. The van der Waals surface area contributed by atoms with E-state index in [-0.39, 0.29) is 12.7 Å². The summed E-state index contributed by atoms with van der Waals surface area (Å²) in [7, 11) is 0. The van der Waals surface area contributed by atoms with Crippen molar-refractivity contribution in [1.82, 2.24) is 0 Å². The Balaban J connectivity index is 2.47. The first-order valence-electron chi connectivity index (χ1n) is 3.82. The molecule has 1 aliphatic carbocycles. The second kappa shape index (κ2) is 3.74. The van der Waals surface area contributed by atoms with Gasteiger partial charge in [0, 0.05) is 0 Å². The highest BCUT2D eigenvalue weighted by Crippen LogP contribution is 2.22. The lowest BCUT2D eigenvalue weighted by molar-refractivity contribution is 0.176. The first kappa shape index (κ1) is 7.76. The van der Waals surface area contributed by atoms with Crippen LogP contribution in [0.3, 0.4) is 0 Å². The Morgan fingerprint density at radius 1 is 1.50 bits per heavy atom. The van der Waals surface area contributed by atoms with E-state index >= 15 is 0 Å². The quantitative estimate of drug-likeness (QED) is 0.533. The first-order valence-corrected chi connectivity index (χ1v) is 3.82. The molecule has 1 fully saturated rings. The van der Waals surface area contributed by atoms with Crippen LogP contribution in [-0.4, -0.2) is 22.9 Å². The second-order valence-electron chi connectivity index (χ2n) is 2.72. The van der Waals surface area contributed by atoms with Crippen LogP contribution in [0.15, 0.2) is 11.6 Å². The molecule has 2 nitrogen and oxygen atoms in total. The van der Waals surface area contributed by atoms with E-state index in [1.807, 2.05) is 0 Å². The third-order valence-electron chi connectivity index (χ3n) is 1.97. The Morgan fingerprint density at radius 3 is 2.90 bits per heavy atom. The fourth-order valence-corrected chi connectivity index (χ4v) is 1.37. The number of aliphatic hydroxyl groups excluding tert-OH is 2. The van der Waals surface area contributed by atoms with Gasteiger partial charge in [-0.3, -0.25) is 0 Å². The number of rotatable bonds is 1. The minimum Gasteiger partial charge on any atom is -0.392 e. The molecule has 2 N–H and O–H groups in total. The van der Waals surface area contributed by atoms with Crippen LogP contribution >= 0.6 is 0 Å². The van der Waals surface area contributed by atoms with Crippen LogP contribution in [0, 0.1) is 0 Å². The summed E-state index contributed by atoms with van der Waals surface area (Å²) in [6, 6.07) is 0. The van der Waals surface area contributed by atoms with E-state index in [4.69, 9.17) is 5.11 Å². The van der Waals surface area contributed by atoms with Crippen molar-refractivity contribution in [2.45, 2.75) is 31.8 Å². The van der Waals surface area contributed by atoms with Crippen molar-refractivity contribution >= 4 is 0 Å². The van der Waals surface area contributed by atoms with Crippen molar-refractivity contribution in [2.75, 3.05) is 6.61 Å². The minimum atomic E-state index is -0.277. The Morgan fingerprint density at radius 2 is 2.30 bits per heavy atom. The summed E-state index contributed by atoms with van der Waals surface area (Å²) in [5.74, 6) is 0. The van der Waals surface area contributed by atoms with Gasteiger partial charge in [-0.25, -0.2) is 0 Å². The number of aliphatic hydroxyl groups is 2. The fourth-order valence-electron chi connectivity index (χ4n) is 1.37. The van der Waals surface area contributed by atoms with Gasteiger partial charge in [0.15, 0.2) is 0 Å². The molecule has 0 amide bonds. The maximum atomic E-state index is 9.32. The molecule has 1 saturated carbocycles. The van der Waals surface area contributed by atoms with Crippen molar-refractivity contribution in [1.29, 1.82) is 0 Å². The average molecular weight is 142 g/mol. The average Bonchev–Trinajstić information content (AvgIpc) is 1.94. The summed E-state index contributed by atoms with van der Waals surface area (Å²) >= 11 is 0. The molecule has 58 valence electrons. The van der Waals surface area contributed by atoms with Gasteiger partial charge in [-0.1, -0.05) is 12.5 Å². The summed E-state index contributed by atoms with van der Waals surface area (Å²) in [6.45, 7) is 0.0619. The zero-order valence-corrected chi connectivity index (χ0v) is 6.08. The van der Waals surface area contributed by atoms with Crippen LogP contribution in [-0.2, 0) is 0 Å². The van der Waals surface area contributed by atoms with Crippen LogP contribution < -0.4 is 0 Å². The van der Waals surface area contributed by atoms with Crippen LogP contribution in [0.5, 0.6) is 0 Å². The van der Waals surface area contributed by atoms with Gasteiger partial charge in [-0.2, -0.15) is 0 Å². The number of hydrogen-bond acceptors (Lipinski definition) is 2. The topological polar surface area (TPSA) is 40.5 Å². The van der Waals surface area contributed by atoms with Gasteiger partial charge < -0.3 is 10.2 Å². The van der Waals surface area contributed by atoms with Crippen molar-refractivity contribution in [3.8, 4) is 0 Å². The summed E-state index contributed by atoms with van der Waals surface area (Å²) in [6.07, 6.45) is 5.55. The van der Waals surface area contributed by atoms with Gasteiger partial charge in [0.25, 0.3) is 0 Å². The molecule has 1 rings (SSSR count). The van der Waals surface area contributed by atoms with Gasteiger partial charge in [0.2, 0.25) is 0 Å². The monoisotopic (exact) mass is 142 g/mol. The van der Waals surface area contributed by atoms with Crippen LogP contribution in [0.25, 0.3) is 0 Å². The van der Waals surface area contributed by atoms with Gasteiger partial charge in [0.05, 0.1) is 12.7 Å². The van der Waals surface area contributed by atoms with E-state index in [2.05, 4.69) is 0 Å². The van der Waals surface area contributed by atoms with Gasteiger partial charge in [-0.15, -0.1) is 0 Å². The molecular formula is C8H14O2. The third kappa shape index (κ3) is 1.82. The maximum absolute atomic E-state index is 9.32. The highest BCUT2D eigenvalue weighted by Gasteiger charge is 2.14. The van der Waals surface area contributed by atoms with Crippen molar-refractivity contribution in [3.05, 3.63) is 11.6 Å². The summed E-state index contributed by atoms with van der Waals surface area (Å²) in [5, 5.41) is 17.9. The molecule has 0 saturated heterocycles. The molecule has 0 aromatic heterocycles. The summed E-state index contributed by atoms with van der Waals surface area (Å²) < 4.78 is 0. The lowest BCUT2D eigenvalue weighted by Crippen LogP contribution is -2.15. The Kier molecular flexibility index (Phi) is 2.90. The Bertz CT molecular complexity index is 129. The molecule has 0 heterocycles. The molecule has 0 aromatic carbocycles. The Labute approximate surface area is 61.2 Å². The fraction of sp³-hybridized carbons (Fsp3) is 0.750. The summed E-state index contributed by atoms with van der Waals surface area (Å²) in [4.78, 5) is 0. The molecule has 1 atom stereocenters. The van der Waals surface area contributed by atoms with E-state index in [9.17, 15) is 5.11 Å².